The minimum Gasteiger partial charge on any atom is -0.464 e. The first-order chi connectivity index (χ1) is 11.3. The molecule has 9 heteroatoms. The maximum atomic E-state index is 12.3. The number of aromatic nitrogens is 2. The third-order valence-corrected chi connectivity index (χ3v) is 4.15. The SMILES string of the molecule is CC[C@H]1O[C@@H](n2c(C(=O)OC)cc(=O)[nH]c2=O)C2OC(C)(C)O[C@H]21. The van der Waals surface area contributed by atoms with E-state index < -0.39 is 35.3 Å². The molecule has 3 rings (SSSR count). The van der Waals surface area contributed by atoms with Crippen LogP contribution in [0.1, 0.15) is 43.9 Å². The Kier molecular flexibility index (Phi) is 4.10. The molecule has 1 aromatic heterocycles. The van der Waals surface area contributed by atoms with Crippen molar-refractivity contribution in [2.24, 2.45) is 0 Å². The summed E-state index contributed by atoms with van der Waals surface area (Å²) in [6.07, 6.45) is -1.52. The number of carbonyl (C=O) groups excluding carboxylic acids is 1. The lowest BCUT2D eigenvalue weighted by Gasteiger charge is -2.25. The van der Waals surface area contributed by atoms with Gasteiger partial charge in [-0.1, -0.05) is 6.92 Å². The third-order valence-electron chi connectivity index (χ3n) is 4.15. The van der Waals surface area contributed by atoms with Crippen LogP contribution in [0.3, 0.4) is 0 Å². The molecule has 9 nitrogen and oxygen atoms in total. The standard InChI is InChI=1S/C15H20N2O7/c1-5-8-10-11(24-15(2,3)23-10)12(22-8)17-7(13(19)21-4)6-9(18)16-14(17)20/h6,8,10-12H,5H2,1-4H3,(H,16,18,20)/t8-,10+,11?,12-/m1/s1. The van der Waals surface area contributed by atoms with E-state index >= 15 is 0 Å². The van der Waals surface area contributed by atoms with Crippen molar-refractivity contribution in [2.75, 3.05) is 7.11 Å². The number of ether oxygens (including phenoxy) is 4. The van der Waals surface area contributed by atoms with Gasteiger partial charge >= 0.3 is 11.7 Å². The van der Waals surface area contributed by atoms with Crippen molar-refractivity contribution >= 4 is 5.97 Å². The first kappa shape index (κ1) is 16.9. The van der Waals surface area contributed by atoms with Crippen LogP contribution in [0, 0.1) is 0 Å². The van der Waals surface area contributed by atoms with Gasteiger partial charge in [0.1, 0.15) is 17.9 Å². The van der Waals surface area contributed by atoms with Gasteiger partial charge in [-0.25, -0.2) is 9.59 Å². The first-order valence-corrected chi connectivity index (χ1v) is 7.72. The van der Waals surface area contributed by atoms with Gasteiger partial charge in [0.05, 0.1) is 13.2 Å². The van der Waals surface area contributed by atoms with Crippen LogP contribution < -0.4 is 11.2 Å². The van der Waals surface area contributed by atoms with Crippen LogP contribution in [0.25, 0.3) is 0 Å². The molecule has 2 fully saturated rings. The number of methoxy groups -OCH3 is 1. The molecular formula is C15H20N2O7. The van der Waals surface area contributed by atoms with E-state index in [0.29, 0.717) is 6.42 Å². The zero-order chi connectivity index (χ0) is 17.6. The van der Waals surface area contributed by atoms with Gasteiger partial charge in [-0.3, -0.25) is 14.3 Å². The second kappa shape index (κ2) is 5.83. The van der Waals surface area contributed by atoms with E-state index in [1.807, 2.05) is 6.92 Å². The maximum Gasteiger partial charge on any atom is 0.355 e. The topological polar surface area (TPSA) is 109 Å². The van der Waals surface area contributed by atoms with E-state index in [0.717, 1.165) is 10.6 Å². The lowest BCUT2D eigenvalue weighted by molar-refractivity contribution is -0.197. The predicted molar refractivity (Wildman–Crippen MR) is 80.7 cm³/mol. The highest BCUT2D eigenvalue weighted by Gasteiger charge is 2.56. The Hall–Kier alpha value is -1.97. The number of hydrogen-bond donors (Lipinski definition) is 1. The molecule has 0 aromatic carbocycles. The largest absolute Gasteiger partial charge is 0.464 e. The number of carbonyl (C=O) groups is 1. The van der Waals surface area contributed by atoms with Crippen molar-refractivity contribution < 1.29 is 23.7 Å². The van der Waals surface area contributed by atoms with E-state index in [4.69, 9.17) is 14.2 Å². The van der Waals surface area contributed by atoms with Crippen LogP contribution in [0.5, 0.6) is 0 Å². The summed E-state index contributed by atoms with van der Waals surface area (Å²) in [5, 5.41) is 0. The minimum absolute atomic E-state index is 0.194. The number of H-pyrrole nitrogens is 1. The lowest BCUT2D eigenvalue weighted by atomic mass is 10.1. The summed E-state index contributed by atoms with van der Waals surface area (Å²) in [4.78, 5) is 38.1. The zero-order valence-electron chi connectivity index (χ0n) is 13.9. The first-order valence-electron chi connectivity index (χ1n) is 7.72. The molecule has 2 aliphatic rings. The molecular weight excluding hydrogens is 320 g/mol. The van der Waals surface area contributed by atoms with Crippen LogP contribution in [0.2, 0.25) is 0 Å². The Bertz CT molecular complexity index is 766. The fourth-order valence-corrected chi connectivity index (χ4v) is 3.21. The highest BCUT2D eigenvalue weighted by molar-refractivity contribution is 5.87. The van der Waals surface area contributed by atoms with Gasteiger partial charge < -0.3 is 18.9 Å². The molecule has 2 aliphatic heterocycles. The third kappa shape index (κ3) is 2.68. The summed E-state index contributed by atoms with van der Waals surface area (Å²) in [5.41, 5.74) is -1.65. The van der Waals surface area contributed by atoms with Gasteiger partial charge in [0.15, 0.2) is 12.0 Å². The van der Waals surface area contributed by atoms with Gasteiger partial charge in [-0.2, -0.15) is 0 Å². The molecule has 0 aliphatic carbocycles. The van der Waals surface area contributed by atoms with Gasteiger partial charge in [-0.05, 0) is 20.3 Å². The quantitative estimate of drug-likeness (QED) is 0.780. The number of nitrogens with one attached hydrogen (secondary N) is 1. The molecule has 4 atom stereocenters. The molecule has 0 spiro atoms. The Balaban J connectivity index is 2.10. The predicted octanol–water partition coefficient (Wildman–Crippen LogP) is 0.151. The lowest BCUT2D eigenvalue weighted by Crippen LogP contribution is -2.40. The van der Waals surface area contributed by atoms with Gasteiger partial charge in [0.25, 0.3) is 5.56 Å². The normalized spacial score (nSPS) is 31.0. The van der Waals surface area contributed by atoms with Crippen molar-refractivity contribution in [1.82, 2.24) is 9.55 Å². The molecule has 0 saturated carbocycles. The summed E-state index contributed by atoms with van der Waals surface area (Å²) in [6, 6.07) is 1.01. The highest BCUT2D eigenvalue weighted by Crippen LogP contribution is 2.43. The smallest absolute Gasteiger partial charge is 0.355 e. The second-order valence-corrected chi connectivity index (χ2v) is 6.22. The summed E-state index contributed by atoms with van der Waals surface area (Å²) >= 11 is 0. The number of esters is 1. The average molecular weight is 340 g/mol. The molecule has 2 saturated heterocycles. The molecule has 132 valence electrons. The molecule has 24 heavy (non-hydrogen) atoms. The summed E-state index contributed by atoms with van der Waals surface area (Å²) < 4.78 is 23.4. The summed E-state index contributed by atoms with van der Waals surface area (Å²) in [6.45, 7) is 5.47. The second-order valence-electron chi connectivity index (χ2n) is 6.22. The van der Waals surface area contributed by atoms with E-state index in [2.05, 4.69) is 9.72 Å². The molecule has 3 heterocycles. The average Bonchev–Trinajstić information content (AvgIpc) is 2.99. The van der Waals surface area contributed by atoms with E-state index in [1.54, 1.807) is 13.8 Å². The number of hydrogen-bond acceptors (Lipinski definition) is 7. The van der Waals surface area contributed by atoms with Crippen LogP contribution in [-0.2, 0) is 18.9 Å². The van der Waals surface area contributed by atoms with Crippen molar-refractivity contribution in [3.63, 3.8) is 0 Å². The van der Waals surface area contributed by atoms with Crippen molar-refractivity contribution in [3.8, 4) is 0 Å². The molecule has 0 bridgehead atoms. The zero-order valence-corrected chi connectivity index (χ0v) is 13.9. The van der Waals surface area contributed by atoms with Crippen LogP contribution in [0.4, 0.5) is 0 Å². The molecule has 1 aromatic rings. The van der Waals surface area contributed by atoms with Gasteiger partial charge in [0.2, 0.25) is 0 Å². The Labute approximate surface area is 137 Å². The summed E-state index contributed by atoms with van der Waals surface area (Å²) in [7, 11) is 1.17. The molecule has 1 unspecified atom stereocenters. The Morgan fingerprint density at radius 2 is 2.00 bits per heavy atom. The highest BCUT2D eigenvalue weighted by atomic mass is 16.8. The number of fused-ring (bicyclic) bond motifs is 1. The van der Waals surface area contributed by atoms with Crippen molar-refractivity contribution in [3.05, 3.63) is 32.6 Å². The van der Waals surface area contributed by atoms with Crippen molar-refractivity contribution in [1.29, 1.82) is 0 Å². The molecule has 0 amide bonds. The Morgan fingerprint density at radius 1 is 1.33 bits per heavy atom. The minimum atomic E-state index is -0.903. The van der Waals surface area contributed by atoms with Gasteiger partial charge in [-0.15, -0.1) is 0 Å². The molecule has 0 radical (unpaired) electrons. The van der Waals surface area contributed by atoms with Gasteiger partial charge in [0, 0.05) is 6.07 Å². The van der Waals surface area contributed by atoms with E-state index in [1.165, 1.54) is 7.11 Å². The van der Waals surface area contributed by atoms with Crippen LogP contribution in [-0.4, -0.2) is 46.7 Å². The maximum absolute atomic E-state index is 12.3. The van der Waals surface area contributed by atoms with E-state index in [9.17, 15) is 14.4 Å². The molecule has 1 N–H and O–H groups in total. The fraction of sp³-hybridized carbons (Fsp3) is 0.667. The number of nitrogens with zero attached hydrogens (tertiary/aromatic N) is 1. The Morgan fingerprint density at radius 3 is 2.62 bits per heavy atom. The van der Waals surface area contributed by atoms with E-state index in [-0.39, 0.29) is 17.9 Å². The van der Waals surface area contributed by atoms with Crippen molar-refractivity contribution in [2.45, 2.75) is 57.5 Å². The summed E-state index contributed by atoms with van der Waals surface area (Å²) in [5.74, 6) is -1.64. The number of rotatable bonds is 3. The van der Waals surface area contributed by atoms with Crippen LogP contribution in [0.15, 0.2) is 15.7 Å². The monoisotopic (exact) mass is 340 g/mol. The number of aromatic amines is 1. The van der Waals surface area contributed by atoms with Crippen LogP contribution >= 0.6 is 0 Å². The fourth-order valence-electron chi connectivity index (χ4n) is 3.21.